The van der Waals surface area contributed by atoms with E-state index >= 15 is 0 Å². The van der Waals surface area contributed by atoms with E-state index in [1.54, 1.807) is 0 Å². The molecule has 0 fully saturated rings. The van der Waals surface area contributed by atoms with E-state index in [1.165, 1.54) is 7.05 Å². The van der Waals surface area contributed by atoms with Crippen molar-refractivity contribution in [2.45, 2.75) is 20.3 Å². The van der Waals surface area contributed by atoms with Crippen LogP contribution in [0, 0.1) is 5.92 Å². The average Bonchev–Trinajstić information content (AvgIpc) is 2.12. The molecule has 0 radical (unpaired) electrons. The first-order chi connectivity index (χ1) is 6.02. The van der Waals surface area contributed by atoms with E-state index in [0.717, 1.165) is 13.0 Å². The van der Waals surface area contributed by atoms with Crippen LogP contribution in [-0.2, 0) is 10.0 Å². The minimum absolute atomic E-state index is 0.153. The van der Waals surface area contributed by atoms with Crippen LogP contribution in [0.5, 0.6) is 0 Å². The van der Waals surface area contributed by atoms with Gasteiger partial charge in [0.25, 0.3) is 0 Å². The number of rotatable bonds is 7. The zero-order valence-electron chi connectivity index (χ0n) is 8.63. The first kappa shape index (κ1) is 12.9. The summed E-state index contributed by atoms with van der Waals surface area (Å²) in [5, 5.41) is 3.11. The summed E-state index contributed by atoms with van der Waals surface area (Å²) in [5.74, 6) is 0.761. The molecule has 0 aliphatic heterocycles. The van der Waals surface area contributed by atoms with Gasteiger partial charge in [-0.3, -0.25) is 0 Å². The molecule has 13 heavy (non-hydrogen) atoms. The fraction of sp³-hybridized carbons (Fsp3) is 1.00. The monoisotopic (exact) mass is 208 g/mol. The highest BCUT2D eigenvalue weighted by Crippen LogP contribution is 1.96. The molecule has 0 bridgehead atoms. The van der Waals surface area contributed by atoms with Gasteiger partial charge < -0.3 is 5.32 Å². The topological polar surface area (TPSA) is 58.2 Å². The first-order valence-electron chi connectivity index (χ1n) is 4.63. The second-order valence-electron chi connectivity index (χ2n) is 3.24. The molecule has 5 heteroatoms. The van der Waals surface area contributed by atoms with Crippen molar-refractivity contribution in [2.24, 2.45) is 5.92 Å². The van der Waals surface area contributed by atoms with Gasteiger partial charge in [0, 0.05) is 6.54 Å². The van der Waals surface area contributed by atoms with Crippen LogP contribution in [0.3, 0.4) is 0 Å². The van der Waals surface area contributed by atoms with Crippen LogP contribution in [0.25, 0.3) is 0 Å². The fourth-order valence-corrected chi connectivity index (χ4v) is 1.42. The van der Waals surface area contributed by atoms with Crippen LogP contribution in [0.2, 0.25) is 0 Å². The van der Waals surface area contributed by atoms with Gasteiger partial charge in [0.1, 0.15) is 0 Å². The summed E-state index contributed by atoms with van der Waals surface area (Å²) in [5.41, 5.74) is 0. The van der Waals surface area contributed by atoms with Crippen LogP contribution in [0.1, 0.15) is 20.3 Å². The average molecular weight is 208 g/mol. The number of hydrogen-bond acceptors (Lipinski definition) is 3. The Labute approximate surface area is 81.2 Å². The third-order valence-electron chi connectivity index (χ3n) is 2.05. The Kier molecular flexibility index (Phi) is 6.28. The lowest BCUT2D eigenvalue weighted by Gasteiger charge is -2.09. The van der Waals surface area contributed by atoms with E-state index in [4.69, 9.17) is 0 Å². The molecule has 0 saturated carbocycles. The molecular weight excluding hydrogens is 188 g/mol. The minimum atomic E-state index is -3.04. The van der Waals surface area contributed by atoms with Crippen molar-refractivity contribution < 1.29 is 8.42 Å². The van der Waals surface area contributed by atoms with Gasteiger partial charge >= 0.3 is 0 Å². The molecule has 0 saturated heterocycles. The van der Waals surface area contributed by atoms with Crippen LogP contribution >= 0.6 is 0 Å². The van der Waals surface area contributed by atoms with Crippen LogP contribution < -0.4 is 10.0 Å². The summed E-state index contributed by atoms with van der Waals surface area (Å²) >= 11 is 0. The third-order valence-corrected chi connectivity index (χ3v) is 3.41. The second-order valence-corrected chi connectivity index (χ2v) is 5.29. The molecule has 0 rings (SSSR count). The zero-order chi connectivity index (χ0) is 10.3. The second kappa shape index (κ2) is 6.34. The number of sulfonamides is 1. The molecule has 80 valence electrons. The molecule has 1 unspecified atom stereocenters. The smallest absolute Gasteiger partial charge is 0.212 e. The highest BCUT2D eigenvalue weighted by Gasteiger charge is 2.05. The predicted octanol–water partition coefficient (Wildman–Crippen LogP) is 0.171. The fourth-order valence-electron chi connectivity index (χ4n) is 0.801. The van der Waals surface area contributed by atoms with Crippen LogP contribution in [-0.4, -0.2) is 34.3 Å². The van der Waals surface area contributed by atoms with E-state index in [9.17, 15) is 8.42 Å². The van der Waals surface area contributed by atoms with E-state index in [2.05, 4.69) is 23.9 Å². The molecule has 0 heterocycles. The van der Waals surface area contributed by atoms with Gasteiger partial charge in [0.15, 0.2) is 0 Å². The normalized spacial score (nSPS) is 14.4. The number of hydrogen-bond donors (Lipinski definition) is 2. The Morgan fingerprint density at radius 3 is 2.46 bits per heavy atom. The minimum Gasteiger partial charge on any atom is -0.315 e. The molecule has 0 aromatic heterocycles. The lowest BCUT2D eigenvalue weighted by molar-refractivity contribution is 0.507. The van der Waals surface area contributed by atoms with Crippen molar-refractivity contribution in [1.29, 1.82) is 0 Å². The lowest BCUT2D eigenvalue weighted by atomic mass is 10.1. The molecule has 0 spiro atoms. The summed E-state index contributed by atoms with van der Waals surface area (Å²) in [4.78, 5) is 0. The van der Waals surface area contributed by atoms with Crippen molar-refractivity contribution in [1.82, 2.24) is 10.0 Å². The molecule has 4 nitrogen and oxygen atoms in total. The molecule has 0 aromatic rings. The van der Waals surface area contributed by atoms with E-state index in [0.29, 0.717) is 12.5 Å². The largest absolute Gasteiger partial charge is 0.315 e. The Morgan fingerprint density at radius 2 is 2.00 bits per heavy atom. The molecular formula is C8H20N2O2S. The standard InChI is InChI=1S/C8H20N2O2S/c1-4-8(2)7-10-5-6-13(11,12)9-3/h8-10H,4-7H2,1-3H3. The van der Waals surface area contributed by atoms with Crippen molar-refractivity contribution in [3.63, 3.8) is 0 Å². The van der Waals surface area contributed by atoms with Gasteiger partial charge in [-0.25, -0.2) is 13.1 Å². The van der Waals surface area contributed by atoms with Gasteiger partial charge in [0.05, 0.1) is 5.75 Å². The maximum absolute atomic E-state index is 11.0. The molecule has 0 aliphatic rings. The Bertz CT molecular complexity index is 214. The van der Waals surface area contributed by atoms with Crippen LogP contribution in [0.4, 0.5) is 0 Å². The van der Waals surface area contributed by atoms with Crippen molar-refractivity contribution in [3.8, 4) is 0 Å². The third kappa shape index (κ3) is 6.98. The first-order valence-corrected chi connectivity index (χ1v) is 6.29. The van der Waals surface area contributed by atoms with Crippen molar-refractivity contribution in [2.75, 3.05) is 25.9 Å². The molecule has 0 aromatic carbocycles. The van der Waals surface area contributed by atoms with E-state index < -0.39 is 10.0 Å². The lowest BCUT2D eigenvalue weighted by Crippen LogP contribution is -2.31. The predicted molar refractivity (Wildman–Crippen MR) is 55.2 cm³/mol. The van der Waals surface area contributed by atoms with Gasteiger partial charge in [-0.1, -0.05) is 20.3 Å². The summed E-state index contributed by atoms with van der Waals surface area (Å²) < 4.78 is 24.2. The maximum atomic E-state index is 11.0. The quantitative estimate of drug-likeness (QED) is 0.586. The van der Waals surface area contributed by atoms with Crippen molar-refractivity contribution >= 4 is 10.0 Å². The molecule has 2 N–H and O–H groups in total. The van der Waals surface area contributed by atoms with Crippen LogP contribution in [0.15, 0.2) is 0 Å². The Hall–Kier alpha value is -0.130. The summed E-state index contributed by atoms with van der Waals surface area (Å²) in [6, 6.07) is 0. The Balaban J connectivity index is 3.47. The maximum Gasteiger partial charge on any atom is 0.212 e. The van der Waals surface area contributed by atoms with Crippen molar-refractivity contribution in [3.05, 3.63) is 0 Å². The zero-order valence-corrected chi connectivity index (χ0v) is 9.45. The van der Waals surface area contributed by atoms with E-state index in [-0.39, 0.29) is 5.75 Å². The van der Waals surface area contributed by atoms with E-state index in [1.807, 2.05) is 0 Å². The van der Waals surface area contributed by atoms with Gasteiger partial charge in [-0.15, -0.1) is 0 Å². The molecule has 0 amide bonds. The Morgan fingerprint density at radius 1 is 1.38 bits per heavy atom. The number of nitrogens with one attached hydrogen (secondary N) is 2. The van der Waals surface area contributed by atoms with Gasteiger partial charge in [0.2, 0.25) is 10.0 Å². The summed E-state index contributed by atoms with van der Waals surface area (Å²) in [7, 11) is -1.60. The highest BCUT2D eigenvalue weighted by atomic mass is 32.2. The highest BCUT2D eigenvalue weighted by molar-refractivity contribution is 7.89. The molecule has 1 atom stereocenters. The summed E-state index contributed by atoms with van der Waals surface area (Å²) in [6.45, 7) is 5.67. The SMILES string of the molecule is CCC(C)CNCCS(=O)(=O)NC. The van der Waals surface area contributed by atoms with Gasteiger partial charge in [-0.05, 0) is 19.5 Å². The molecule has 0 aliphatic carbocycles. The van der Waals surface area contributed by atoms with Gasteiger partial charge in [-0.2, -0.15) is 0 Å². The summed E-state index contributed by atoms with van der Waals surface area (Å²) in [6.07, 6.45) is 1.12.